The van der Waals surface area contributed by atoms with E-state index < -0.39 is 17.8 Å². The van der Waals surface area contributed by atoms with Crippen molar-refractivity contribution in [2.45, 2.75) is 59.0 Å². The average Bonchev–Trinajstić information content (AvgIpc) is 3.28. The molecule has 9 heteroatoms. The molecule has 0 aliphatic heterocycles. The molecule has 0 saturated carbocycles. The zero-order chi connectivity index (χ0) is 21.8. The van der Waals surface area contributed by atoms with Gasteiger partial charge in [-0.2, -0.15) is 5.10 Å². The molecule has 1 amide bonds. The number of hydrogen-bond acceptors (Lipinski definition) is 7. The largest absolute Gasteiger partial charge is 0.461 e. The average molecular weight is 434 g/mol. The molecule has 0 bridgehead atoms. The summed E-state index contributed by atoms with van der Waals surface area (Å²) < 4.78 is 11.8. The highest BCUT2D eigenvalue weighted by Gasteiger charge is 2.29. The van der Waals surface area contributed by atoms with Crippen LogP contribution in [0.2, 0.25) is 0 Å². The Balaban J connectivity index is 1.88. The van der Waals surface area contributed by atoms with E-state index in [2.05, 4.69) is 10.4 Å². The van der Waals surface area contributed by atoms with E-state index >= 15 is 0 Å². The van der Waals surface area contributed by atoms with Crippen molar-refractivity contribution in [1.29, 1.82) is 0 Å². The van der Waals surface area contributed by atoms with Crippen LogP contribution in [-0.2, 0) is 29.4 Å². The number of anilines is 1. The molecule has 2 aromatic heterocycles. The highest BCUT2D eigenvalue weighted by molar-refractivity contribution is 7.17. The van der Waals surface area contributed by atoms with Gasteiger partial charge in [-0.1, -0.05) is 6.92 Å². The third-order valence-electron chi connectivity index (χ3n) is 5.08. The van der Waals surface area contributed by atoms with Crippen LogP contribution in [0.3, 0.4) is 0 Å². The standard InChI is InChI=1S/C21H27N3O5S/c1-5-12(3)29-21(27)17-13-9-7-8-10-16(13)30-19(17)22-18(25)14-11-15(24(4)23-14)20(26)28-6-2/h11-12H,5-10H2,1-4H3,(H,22,25). The lowest BCUT2D eigenvalue weighted by molar-refractivity contribution is 0.0334. The Hall–Kier alpha value is -2.68. The van der Waals surface area contributed by atoms with E-state index in [4.69, 9.17) is 9.47 Å². The Morgan fingerprint density at radius 3 is 2.67 bits per heavy atom. The maximum absolute atomic E-state index is 12.9. The maximum Gasteiger partial charge on any atom is 0.356 e. The molecule has 2 heterocycles. The predicted octanol–water partition coefficient (Wildman–Crippen LogP) is 3.74. The Labute approximate surface area is 179 Å². The number of hydrogen-bond donors (Lipinski definition) is 1. The number of aryl methyl sites for hydroxylation is 2. The highest BCUT2D eigenvalue weighted by atomic mass is 32.1. The zero-order valence-corrected chi connectivity index (χ0v) is 18.6. The molecule has 0 saturated heterocycles. The third kappa shape index (κ3) is 4.56. The van der Waals surface area contributed by atoms with Crippen molar-refractivity contribution >= 4 is 34.2 Å². The van der Waals surface area contributed by atoms with Crippen LogP contribution >= 0.6 is 11.3 Å². The van der Waals surface area contributed by atoms with Gasteiger partial charge < -0.3 is 14.8 Å². The predicted molar refractivity (Wildman–Crippen MR) is 113 cm³/mol. The van der Waals surface area contributed by atoms with Crippen molar-refractivity contribution in [3.05, 3.63) is 33.5 Å². The SMILES string of the molecule is CCOC(=O)c1cc(C(=O)Nc2sc3c(c2C(=O)OC(C)CC)CCCC3)nn1C. The number of amides is 1. The minimum atomic E-state index is -0.545. The Morgan fingerprint density at radius 1 is 1.23 bits per heavy atom. The van der Waals surface area contributed by atoms with Gasteiger partial charge in [-0.05, 0) is 51.5 Å². The number of thiophene rings is 1. The molecule has 1 aliphatic carbocycles. The lowest BCUT2D eigenvalue weighted by Crippen LogP contribution is -2.19. The van der Waals surface area contributed by atoms with Gasteiger partial charge in [0, 0.05) is 18.0 Å². The molecule has 0 radical (unpaired) electrons. The fraction of sp³-hybridized carbons (Fsp3) is 0.524. The van der Waals surface area contributed by atoms with E-state index in [0.717, 1.165) is 36.1 Å². The summed E-state index contributed by atoms with van der Waals surface area (Å²) in [5, 5.41) is 7.41. The zero-order valence-electron chi connectivity index (χ0n) is 17.7. The molecule has 1 unspecified atom stereocenters. The fourth-order valence-corrected chi connectivity index (χ4v) is 4.61. The molecule has 0 aromatic carbocycles. The van der Waals surface area contributed by atoms with Gasteiger partial charge in [0.15, 0.2) is 5.69 Å². The first-order chi connectivity index (χ1) is 14.3. The van der Waals surface area contributed by atoms with Crippen molar-refractivity contribution < 1.29 is 23.9 Å². The van der Waals surface area contributed by atoms with Gasteiger partial charge in [-0.25, -0.2) is 9.59 Å². The summed E-state index contributed by atoms with van der Waals surface area (Å²) in [6.07, 6.45) is 4.25. The van der Waals surface area contributed by atoms with E-state index in [9.17, 15) is 14.4 Å². The van der Waals surface area contributed by atoms with E-state index in [0.29, 0.717) is 17.0 Å². The van der Waals surface area contributed by atoms with Gasteiger partial charge in [0.25, 0.3) is 5.91 Å². The fourth-order valence-electron chi connectivity index (χ4n) is 3.34. The number of fused-ring (bicyclic) bond motifs is 1. The van der Waals surface area contributed by atoms with Crippen molar-refractivity contribution in [3.63, 3.8) is 0 Å². The number of aromatic nitrogens is 2. The van der Waals surface area contributed by atoms with Crippen LogP contribution in [0.5, 0.6) is 0 Å². The van der Waals surface area contributed by atoms with Crippen LogP contribution in [0.15, 0.2) is 6.07 Å². The molecular formula is C21H27N3O5S. The summed E-state index contributed by atoms with van der Waals surface area (Å²) >= 11 is 1.41. The van der Waals surface area contributed by atoms with Crippen LogP contribution < -0.4 is 5.32 Å². The van der Waals surface area contributed by atoms with E-state index in [1.807, 2.05) is 13.8 Å². The summed E-state index contributed by atoms with van der Waals surface area (Å²) in [5.41, 5.74) is 1.69. The highest BCUT2D eigenvalue weighted by Crippen LogP contribution is 2.39. The van der Waals surface area contributed by atoms with Gasteiger partial charge in [-0.3, -0.25) is 9.48 Å². The quantitative estimate of drug-likeness (QED) is 0.668. The monoisotopic (exact) mass is 433 g/mol. The van der Waals surface area contributed by atoms with Crippen LogP contribution in [0.25, 0.3) is 0 Å². The molecule has 1 N–H and O–H groups in total. The first kappa shape index (κ1) is 22.0. The van der Waals surface area contributed by atoms with Gasteiger partial charge in [-0.15, -0.1) is 11.3 Å². The van der Waals surface area contributed by atoms with Gasteiger partial charge in [0.1, 0.15) is 10.7 Å². The van der Waals surface area contributed by atoms with E-state index in [-0.39, 0.29) is 24.1 Å². The smallest absolute Gasteiger partial charge is 0.356 e. The van der Waals surface area contributed by atoms with Crippen molar-refractivity contribution in [2.75, 3.05) is 11.9 Å². The van der Waals surface area contributed by atoms with Gasteiger partial charge >= 0.3 is 11.9 Å². The number of carbonyl (C=O) groups excluding carboxylic acids is 3. The lowest BCUT2D eigenvalue weighted by Gasteiger charge is -2.15. The molecular weight excluding hydrogens is 406 g/mol. The molecule has 8 nitrogen and oxygen atoms in total. The number of esters is 2. The minimum absolute atomic E-state index is 0.0770. The summed E-state index contributed by atoms with van der Waals surface area (Å²) in [4.78, 5) is 38.8. The van der Waals surface area contributed by atoms with Crippen molar-refractivity contribution in [3.8, 4) is 0 Å². The molecule has 30 heavy (non-hydrogen) atoms. The first-order valence-corrected chi connectivity index (χ1v) is 11.0. The summed E-state index contributed by atoms with van der Waals surface area (Å²) in [6, 6.07) is 1.39. The van der Waals surface area contributed by atoms with E-state index in [1.165, 1.54) is 22.1 Å². The number of nitrogens with one attached hydrogen (secondary N) is 1. The number of nitrogens with zero attached hydrogens (tertiary/aromatic N) is 2. The maximum atomic E-state index is 12.9. The van der Waals surface area contributed by atoms with E-state index in [1.54, 1.807) is 14.0 Å². The van der Waals surface area contributed by atoms with Crippen LogP contribution in [0, 0.1) is 0 Å². The summed E-state index contributed by atoms with van der Waals surface area (Å²) in [7, 11) is 1.57. The summed E-state index contributed by atoms with van der Waals surface area (Å²) in [5.74, 6) is -1.44. The second-order valence-electron chi connectivity index (χ2n) is 7.25. The molecule has 0 spiro atoms. The van der Waals surface area contributed by atoms with Crippen molar-refractivity contribution in [1.82, 2.24) is 9.78 Å². The molecule has 2 aromatic rings. The number of carbonyl (C=O) groups is 3. The molecule has 3 rings (SSSR count). The first-order valence-electron chi connectivity index (χ1n) is 10.2. The Bertz CT molecular complexity index is 962. The van der Waals surface area contributed by atoms with Crippen LogP contribution in [-0.4, -0.2) is 40.3 Å². The van der Waals surface area contributed by atoms with Crippen LogP contribution in [0.1, 0.15) is 81.8 Å². The second-order valence-corrected chi connectivity index (χ2v) is 8.36. The van der Waals surface area contributed by atoms with Gasteiger partial charge in [0.2, 0.25) is 0 Å². The summed E-state index contributed by atoms with van der Waals surface area (Å²) in [6.45, 7) is 5.74. The number of rotatable bonds is 7. The Morgan fingerprint density at radius 2 is 1.97 bits per heavy atom. The second kappa shape index (κ2) is 9.42. The topological polar surface area (TPSA) is 99.5 Å². The normalized spacial score (nSPS) is 14.0. The Kier molecular flexibility index (Phi) is 6.91. The third-order valence-corrected chi connectivity index (χ3v) is 6.29. The molecule has 1 aliphatic rings. The van der Waals surface area contributed by atoms with Crippen molar-refractivity contribution in [2.24, 2.45) is 7.05 Å². The van der Waals surface area contributed by atoms with Gasteiger partial charge in [0.05, 0.1) is 18.3 Å². The number of ether oxygens (including phenoxy) is 2. The van der Waals surface area contributed by atoms with Crippen LogP contribution in [0.4, 0.5) is 5.00 Å². The molecule has 162 valence electrons. The molecule has 1 atom stereocenters. The lowest BCUT2D eigenvalue weighted by atomic mass is 9.95. The molecule has 0 fully saturated rings. The minimum Gasteiger partial charge on any atom is -0.461 e.